The zero-order valence-electron chi connectivity index (χ0n) is 15.1. The van der Waals surface area contributed by atoms with E-state index in [-0.39, 0.29) is 0 Å². The van der Waals surface area contributed by atoms with Crippen molar-refractivity contribution in [3.63, 3.8) is 0 Å². The Labute approximate surface area is 156 Å². The number of benzene rings is 2. The van der Waals surface area contributed by atoms with Crippen molar-refractivity contribution < 1.29 is 27.6 Å². The summed E-state index contributed by atoms with van der Waals surface area (Å²) in [6.45, 7) is 2.28. The number of rotatable bonds is 2. The normalized spacial score (nSPS) is 18.3. The summed E-state index contributed by atoms with van der Waals surface area (Å²) in [5, 5.41) is 14.0. The van der Waals surface area contributed by atoms with E-state index in [4.69, 9.17) is 10.2 Å². The monoisotopic (exact) mass is 370 g/mol. The molecule has 2 unspecified atom stereocenters. The molecule has 2 aliphatic rings. The standard InChI is InChI=1S/2C9H7.C2H4.2CH4O.Ti/c2*1-2-5-9-7-3-6-8(9)4-1;3*1-2;/h2*1-7H;1H,2H3;2*2H,1H3;. The molecule has 0 bridgehead atoms. The SMILES string of the molecule is CO.CO.C[CH]=[Ti]([CH]1C=Cc2ccccc21)[CH]1C=Cc2ccccc21. The third-order valence-electron chi connectivity index (χ3n) is 4.65. The Morgan fingerprint density at radius 3 is 1.52 bits per heavy atom. The zero-order valence-corrected chi connectivity index (χ0v) is 16.6. The van der Waals surface area contributed by atoms with Crippen LogP contribution < -0.4 is 0 Å². The molecule has 0 spiro atoms. The molecule has 0 aliphatic heterocycles. The van der Waals surface area contributed by atoms with Gasteiger partial charge in [-0.2, -0.15) is 0 Å². The van der Waals surface area contributed by atoms with E-state index in [2.05, 4.69) is 84.1 Å². The molecule has 4 rings (SSSR count). The van der Waals surface area contributed by atoms with E-state index in [1.165, 1.54) is 11.1 Å². The Balaban J connectivity index is 0.000000528. The second-order valence-electron chi connectivity index (χ2n) is 5.72. The average molecular weight is 370 g/mol. The number of hydrogen-bond acceptors (Lipinski definition) is 2. The summed E-state index contributed by atoms with van der Waals surface area (Å²) in [6.07, 6.45) is 9.55. The van der Waals surface area contributed by atoms with Crippen LogP contribution in [-0.4, -0.2) is 28.7 Å². The summed E-state index contributed by atoms with van der Waals surface area (Å²) in [5.74, 6) is 0. The van der Waals surface area contributed by atoms with Crippen molar-refractivity contribution in [1.29, 1.82) is 0 Å². The third-order valence-corrected chi connectivity index (χ3v) is 9.51. The van der Waals surface area contributed by atoms with Crippen molar-refractivity contribution in [3.05, 3.63) is 82.9 Å². The van der Waals surface area contributed by atoms with Crippen molar-refractivity contribution >= 4 is 16.5 Å². The molecule has 130 valence electrons. The van der Waals surface area contributed by atoms with E-state index in [1.54, 1.807) is 11.1 Å². The predicted molar refractivity (Wildman–Crippen MR) is 104 cm³/mol. The Morgan fingerprint density at radius 2 is 1.12 bits per heavy atom. The third kappa shape index (κ3) is 3.99. The van der Waals surface area contributed by atoms with Crippen LogP contribution in [0, 0.1) is 0 Å². The van der Waals surface area contributed by atoms with Crippen molar-refractivity contribution in [2.75, 3.05) is 14.2 Å². The van der Waals surface area contributed by atoms with Gasteiger partial charge in [0.2, 0.25) is 0 Å². The van der Waals surface area contributed by atoms with Crippen LogP contribution in [0.3, 0.4) is 0 Å². The number of aliphatic hydroxyl groups is 2. The van der Waals surface area contributed by atoms with Crippen LogP contribution in [0.15, 0.2) is 60.7 Å². The minimum atomic E-state index is -1.41. The van der Waals surface area contributed by atoms with Gasteiger partial charge in [-0.05, 0) is 0 Å². The van der Waals surface area contributed by atoms with Gasteiger partial charge in [-0.15, -0.1) is 0 Å². The summed E-state index contributed by atoms with van der Waals surface area (Å²) in [7, 11) is 2.00. The quantitative estimate of drug-likeness (QED) is 0.779. The van der Waals surface area contributed by atoms with E-state index in [9.17, 15) is 0 Å². The summed E-state index contributed by atoms with van der Waals surface area (Å²) < 4.78 is 3.87. The fourth-order valence-corrected chi connectivity index (χ4v) is 8.30. The molecule has 0 radical (unpaired) electrons. The molecule has 2 nitrogen and oxygen atoms in total. The van der Waals surface area contributed by atoms with Gasteiger partial charge in [0.25, 0.3) is 0 Å². The fourth-order valence-electron chi connectivity index (χ4n) is 3.63. The first-order valence-electron chi connectivity index (χ1n) is 8.48. The molecule has 2 N–H and O–H groups in total. The van der Waals surface area contributed by atoms with Crippen LogP contribution in [0.5, 0.6) is 0 Å². The van der Waals surface area contributed by atoms with E-state index >= 15 is 0 Å². The van der Waals surface area contributed by atoms with E-state index in [0.29, 0.717) is 8.45 Å². The molecule has 25 heavy (non-hydrogen) atoms. The van der Waals surface area contributed by atoms with Crippen LogP contribution >= 0.6 is 0 Å². The maximum absolute atomic E-state index is 7.00. The van der Waals surface area contributed by atoms with Crippen molar-refractivity contribution in [2.45, 2.75) is 15.4 Å². The number of fused-ring (bicyclic) bond motifs is 2. The molecule has 3 heteroatoms. The molecular weight excluding hydrogens is 344 g/mol. The van der Waals surface area contributed by atoms with Gasteiger partial charge in [-0.25, -0.2) is 0 Å². The van der Waals surface area contributed by atoms with Crippen LogP contribution in [0.2, 0.25) is 0 Å². The fraction of sp³-hybridized carbons (Fsp3) is 0.227. The van der Waals surface area contributed by atoms with Crippen LogP contribution in [0.25, 0.3) is 12.2 Å². The van der Waals surface area contributed by atoms with Crippen LogP contribution in [0.4, 0.5) is 0 Å². The van der Waals surface area contributed by atoms with Gasteiger partial charge in [0, 0.05) is 14.2 Å². The van der Waals surface area contributed by atoms with E-state index in [0.717, 1.165) is 14.2 Å². The minimum absolute atomic E-state index is 0.659. The average Bonchev–Trinajstić information content (AvgIpc) is 3.31. The molecule has 0 saturated carbocycles. The molecule has 0 amide bonds. The van der Waals surface area contributed by atoms with Gasteiger partial charge in [0.15, 0.2) is 0 Å². The van der Waals surface area contributed by atoms with Crippen molar-refractivity contribution in [1.82, 2.24) is 0 Å². The maximum atomic E-state index is 7.00. The molecule has 0 saturated heterocycles. The Hall–Kier alpha value is -1.58. The topological polar surface area (TPSA) is 40.5 Å². The molecule has 0 fully saturated rings. The Kier molecular flexibility index (Phi) is 7.73. The van der Waals surface area contributed by atoms with Gasteiger partial charge >= 0.3 is 132 Å². The first-order valence-corrected chi connectivity index (χ1v) is 11.2. The van der Waals surface area contributed by atoms with Crippen molar-refractivity contribution in [3.8, 4) is 0 Å². The second kappa shape index (κ2) is 9.79. The second-order valence-corrected chi connectivity index (χ2v) is 10.1. The Morgan fingerprint density at radius 1 is 0.720 bits per heavy atom. The number of aliphatic hydroxyl groups excluding tert-OH is 2. The summed E-state index contributed by atoms with van der Waals surface area (Å²) in [4.78, 5) is 0. The Bertz CT molecular complexity index is 727. The van der Waals surface area contributed by atoms with Crippen LogP contribution in [0.1, 0.15) is 37.6 Å². The zero-order chi connectivity index (χ0) is 18.2. The van der Waals surface area contributed by atoms with E-state index < -0.39 is 17.4 Å². The summed E-state index contributed by atoms with van der Waals surface area (Å²) in [5.41, 5.74) is 5.93. The first kappa shape index (κ1) is 19.7. The van der Waals surface area contributed by atoms with Crippen LogP contribution in [-0.2, 0) is 17.4 Å². The molecule has 2 aliphatic carbocycles. The van der Waals surface area contributed by atoms with Gasteiger partial charge in [-0.3, -0.25) is 0 Å². The predicted octanol–water partition coefficient (Wildman–Crippen LogP) is 4.18. The molecule has 2 aromatic carbocycles. The molecule has 0 aromatic heterocycles. The van der Waals surface area contributed by atoms with Gasteiger partial charge in [0.05, 0.1) is 0 Å². The van der Waals surface area contributed by atoms with E-state index in [1.807, 2.05) is 0 Å². The number of allylic oxidation sites excluding steroid dienone is 2. The molecule has 2 atom stereocenters. The molecular formula is C22H26O2Ti. The summed E-state index contributed by atoms with van der Waals surface area (Å²) in [6, 6.07) is 17.8. The van der Waals surface area contributed by atoms with Gasteiger partial charge in [0.1, 0.15) is 0 Å². The van der Waals surface area contributed by atoms with Gasteiger partial charge in [-0.1, -0.05) is 0 Å². The molecule has 0 heterocycles. The summed E-state index contributed by atoms with van der Waals surface area (Å²) >= 11 is -1.41. The van der Waals surface area contributed by atoms with Crippen molar-refractivity contribution in [2.24, 2.45) is 0 Å². The number of hydrogen-bond donors (Lipinski definition) is 2. The first-order chi connectivity index (χ1) is 12.4. The van der Waals surface area contributed by atoms with Gasteiger partial charge < -0.3 is 10.2 Å². The molecule has 2 aromatic rings.